The van der Waals surface area contributed by atoms with Crippen molar-refractivity contribution in [2.24, 2.45) is 0 Å². The fraction of sp³-hybridized carbons (Fsp3) is 0.833. The molecular weight excluding hydrogens is 204 g/mol. The highest BCUT2D eigenvalue weighted by Gasteiger charge is 2.26. The van der Waals surface area contributed by atoms with Crippen LogP contribution in [0.5, 0.6) is 0 Å². The minimum atomic E-state index is 0.0173. The van der Waals surface area contributed by atoms with E-state index in [1.54, 1.807) is 4.90 Å². The predicted octanol–water partition coefficient (Wildman–Crippen LogP) is 0.664. The van der Waals surface area contributed by atoms with Crippen LogP contribution in [-0.4, -0.2) is 54.2 Å². The number of ketones is 1. The summed E-state index contributed by atoms with van der Waals surface area (Å²) < 4.78 is 0. The quantitative estimate of drug-likeness (QED) is 0.659. The Morgan fingerprint density at radius 3 is 2.38 bits per heavy atom. The molecule has 2 saturated heterocycles. The van der Waals surface area contributed by atoms with Crippen molar-refractivity contribution in [2.45, 2.75) is 32.1 Å². The van der Waals surface area contributed by atoms with Crippen LogP contribution in [0.1, 0.15) is 32.1 Å². The van der Waals surface area contributed by atoms with Crippen molar-refractivity contribution >= 4 is 11.7 Å². The molecule has 2 aliphatic heterocycles. The molecular formula is C12H20N2O2. The molecule has 0 N–H and O–H groups in total. The maximum absolute atomic E-state index is 11.4. The van der Waals surface area contributed by atoms with Gasteiger partial charge < -0.3 is 9.80 Å². The lowest BCUT2D eigenvalue weighted by molar-refractivity contribution is -0.127. The van der Waals surface area contributed by atoms with E-state index in [0.717, 1.165) is 19.5 Å². The number of nitrogens with zero attached hydrogens (tertiary/aromatic N) is 2. The van der Waals surface area contributed by atoms with Crippen LogP contribution in [0.4, 0.5) is 0 Å². The summed E-state index contributed by atoms with van der Waals surface area (Å²) in [5.74, 6) is 0.0895. The third kappa shape index (κ3) is 3.04. The van der Waals surface area contributed by atoms with Crippen LogP contribution >= 0.6 is 0 Å². The lowest BCUT2D eigenvalue weighted by Crippen LogP contribution is -2.34. The number of carbonyl (C=O) groups is 2. The van der Waals surface area contributed by atoms with Gasteiger partial charge in [0.05, 0.1) is 13.0 Å². The molecule has 0 saturated carbocycles. The first-order valence-electron chi connectivity index (χ1n) is 6.27. The first kappa shape index (κ1) is 11.6. The second kappa shape index (κ2) is 5.43. The number of rotatable bonds is 4. The molecule has 0 aromatic rings. The van der Waals surface area contributed by atoms with Gasteiger partial charge in [-0.2, -0.15) is 0 Å². The normalized spacial score (nSPS) is 23.1. The Morgan fingerprint density at radius 1 is 1.00 bits per heavy atom. The lowest BCUT2D eigenvalue weighted by Gasteiger charge is -2.27. The summed E-state index contributed by atoms with van der Waals surface area (Å²) in [6.45, 7) is 4.57. The Labute approximate surface area is 96.6 Å². The van der Waals surface area contributed by atoms with Gasteiger partial charge in [0.25, 0.3) is 0 Å². The van der Waals surface area contributed by atoms with E-state index in [4.69, 9.17) is 0 Å². The van der Waals surface area contributed by atoms with E-state index in [9.17, 15) is 9.59 Å². The first-order valence-corrected chi connectivity index (χ1v) is 6.27. The molecule has 16 heavy (non-hydrogen) atoms. The second-order valence-electron chi connectivity index (χ2n) is 4.79. The maximum atomic E-state index is 11.4. The number of hydrogen-bond acceptors (Lipinski definition) is 3. The summed E-state index contributed by atoms with van der Waals surface area (Å²) in [6, 6.07) is 0. The maximum Gasteiger partial charge on any atom is 0.230 e. The Bertz CT molecular complexity index is 272. The molecule has 0 aromatic carbocycles. The lowest BCUT2D eigenvalue weighted by atomic mass is 10.1. The van der Waals surface area contributed by atoms with Crippen LogP contribution < -0.4 is 0 Å². The van der Waals surface area contributed by atoms with E-state index in [1.807, 2.05) is 0 Å². The third-order valence-electron chi connectivity index (χ3n) is 3.42. The second-order valence-corrected chi connectivity index (χ2v) is 4.79. The van der Waals surface area contributed by atoms with Crippen LogP contribution in [0.3, 0.4) is 0 Å². The summed E-state index contributed by atoms with van der Waals surface area (Å²) in [5, 5.41) is 0. The van der Waals surface area contributed by atoms with Crippen molar-refractivity contribution in [2.75, 3.05) is 32.7 Å². The zero-order chi connectivity index (χ0) is 11.4. The van der Waals surface area contributed by atoms with Crippen LogP contribution in [0.15, 0.2) is 0 Å². The van der Waals surface area contributed by atoms with Crippen LogP contribution in [-0.2, 0) is 9.59 Å². The van der Waals surface area contributed by atoms with E-state index in [1.165, 1.54) is 32.4 Å². The topological polar surface area (TPSA) is 40.6 Å². The molecule has 0 spiro atoms. The summed E-state index contributed by atoms with van der Waals surface area (Å²) in [5.41, 5.74) is 0. The van der Waals surface area contributed by atoms with Crippen molar-refractivity contribution in [3.8, 4) is 0 Å². The van der Waals surface area contributed by atoms with Crippen molar-refractivity contribution in [3.63, 3.8) is 0 Å². The molecule has 1 amide bonds. The molecule has 2 aliphatic rings. The highest BCUT2D eigenvalue weighted by atomic mass is 16.2. The molecule has 0 atom stereocenters. The van der Waals surface area contributed by atoms with E-state index >= 15 is 0 Å². The van der Waals surface area contributed by atoms with Crippen molar-refractivity contribution in [1.29, 1.82) is 0 Å². The van der Waals surface area contributed by atoms with Gasteiger partial charge in [0.1, 0.15) is 0 Å². The van der Waals surface area contributed by atoms with E-state index in [0.29, 0.717) is 6.54 Å². The minimum Gasteiger partial charge on any atom is -0.335 e. The predicted molar refractivity (Wildman–Crippen MR) is 61.1 cm³/mol. The molecule has 0 radical (unpaired) electrons. The summed E-state index contributed by atoms with van der Waals surface area (Å²) >= 11 is 0. The molecule has 0 unspecified atom stereocenters. The minimum absolute atomic E-state index is 0.0173. The van der Waals surface area contributed by atoms with E-state index < -0.39 is 0 Å². The largest absolute Gasteiger partial charge is 0.335 e. The van der Waals surface area contributed by atoms with E-state index in [2.05, 4.69) is 4.90 Å². The fourth-order valence-corrected chi connectivity index (χ4v) is 2.51. The number of amides is 1. The number of Topliss-reactive ketones (excluding diaryl/α,β-unsaturated/α-hetero) is 1. The molecule has 0 aromatic heterocycles. The Kier molecular flexibility index (Phi) is 3.93. The van der Waals surface area contributed by atoms with Gasteiger partial charge in [-0.3, -0.25) is 9.59 Å². The smallest absolute Gasteiger partial charge is 0.230 e. The highest BCUT2D eigenvalue weighted by Crippen LogP contribution is 2.10. The van der Waals surface area contributed by atoms with E-state index in [-0.39, 0.29) is 18.1 Å². The Morgan fingerprint density at radius 2 is 1.75 bits per heavy atom. The summed E-state index contributed by atoms with van der Waals surface area (Å²) in [6.07, 6.45) is 5.10. The van der Waals surface area contributed by atoms with Gasteiger partial charge in [-0.25, -0.2) is 0 Å². The van der Waals surface area contributed by atoms with Gasteiger partial charge in [-0.15, -0.1) is 0 Å². The van der Waals surface area contributed by atoms with Crippen LogP contribution in [0.25, 0.3) is 0 Å². The van der Waals surface area contributed by atoms with Crippen molar-refractivity contribution < 1.29 is 9.59 Å². The first-order chi connectivity index (χ1) is 7.75. The number of hydrogen-bond donors (Lipinski definition) is 0. The number of likely N-dealkylation sites (tertiary alicyclic amines) is 2. The average molecular weight is 224 g/mol. The number of piperidine rings is 1. The number of carbonyl (C=O) groups excluding carboxylic acids is 2. The van der Waals surface area contributed by atoms with Gasteiger partial charge in [0, 0.05) is 6.54 Å². The average Bonchev–Trinajstić information content (AvgIpc) is 2.59. The van der Waals surface area contributed by atoms with Gasteiger partial charge in [0.2, 0.25) is 5.91 Å². The molecule has 2 rings (SSSR count). The molecule has 2 fully saturated rings. The molecule has 4 nitrogen and oxygen atoms in total. The standard InChI is InChI=1S/C12H20N2O2/c15-11-9-12(16)14(10-11)8-4-7-13-5-2-1-3-6-13/h1-10H2. The van der Waals surface area contributed by atoms with Gasteiger partial charge in [-0.1, -0.05) is 6.42 Å². The molecule has 0 aliphatic carbocycles. The monoisotopic (exact) mass is 224 g/mol. The zero-order valence-corrected chi connectivity index (χ0v) is 9.78. The van der Waals surface area contributed by atoms with Crippen molar-refractivity contribution in [1.82, 2.24) is 9.80 Å². The molecule has 0 bridgehead atoms. The van der Waals surface area contributed by atoms with Crippen molar-refractivity contribution in [3.05, 3.63) is 0 Å². The van der Waals surface area contributed by atoms with Gasteiger partial charge >= 0.3 is 0 Å². The summed E-state index contributed by atoms with van der Waals surface area (Å²) in [4.78, 5) is 26.6. The zero-order valence-electron chi connectivity index (χ0n) is 9.78. The van der Waals surface area contributed by atoms with Gasteiger partial charge in [0.15, 0.2) is 5.78 Å². The third-order valence-corrected chi connectivity index (χ3v) is 3.42. The van der Waals surface area contributed by atoms with Crippen LogP contribution in [0.2, 0.25) is 0 Å². The van der Waals surface area contributed by atoms with Gasteiger partial charge in [-0.05, 0) is 38.9 Å². The SMILES string of the molecule is O=C1CC(=O)N(CCCN2CCCCC2)C1. The fourth-order valence-electron chi connectivity index (χ4n) is 2.51. The Hall–Kier alpha value is -0.900. The molecule has 2 heterocycles. The Balaban J connectivity index is 1.64. The molecule has 4 heteroatoms. The summed E-state index contributed by atoms with van der Waals surface area (Å²) in [7, 11) is 0. The highest BCUT2D eigenvalue weighted by molar-refractivity contribution is 6.05. The van der Waals surface area contributed by atoms with Crippen LogP contribution in [0, 0.1) is 0 Å². The molecule has 90 valence electrons.